The molecule has 1 radical (unpaired) electrons. The van der Waals surface area contributed by atoms with Crippen molar-refractivity contribution >= 4 is 0 Å². The highest BCUT2D eigenvalue weighted by Crippen LogP contribution is 2.10. The van der Waals surface area contributed by atoms with Crippen molar-refractivity contribution in [3.63, 3.8) is 0 Å². The Kier molecular flexibility index (Phi) is 3.20. The third-order valence-electron chi connectivity index (χ3n) is 0.527. The van der Waals surface area contributed by atoms with Crippen LogP contribution in [0.5, 0.6) is 0 Å². The number of halogens is 2. The number of hydrogen-bond donors (Lipinski definition) is 0. The minimum Gasteiger partial charge on any atom is -0.495 e. The van der Waals surface area contributed by atoms with Crippen LogP contribution in [0.25, 0.3) is 0 Å². The molecule has 0 spiro atoms. The Morgan fingerprint density at radius 1 is 1.67 bits per heavy atom. The molecule has 0 fully saturated rings. The highest BCUT2D eigenvalue weighted by molar-refractivity contribution is 4.71. The van der Waals surface area contributed by atoms with Crippen molar-refractivity contribution in [1.29, 1.82) is 0 Å². The van der Waals surface area contributed by atoms with Gasteiger partial charge in [-0.05, 0) is 6.92 Å². The molecule has 0 heterocycles. The maximum absolute atomic E-state index is 11.8. The second-order valence-electron chi connectivity index (χ2n) is 1.64. The number of hydrogen-bond acceptors (Lipinski definition) is 1. The lowest BCUT2D eigenvalue weighted by Crippen LogP contribution is -2.17. The summed E-state index contributed by atoms with van der Waals surface area (Å²) in [6, 6.07) is 0. The van der Waals surface area contributed by atoms with Gasteiger partial charge < -0.3 is 4.74 Å². The van der Waals surface area contributed by atoms with E-state index in [9.17, 15) is 8.78 Å². The molecule has 0 aromatic heterocycles. The van der Waals surface area contributed by atoms with Gasteiger partial charge in [-0.2, -0.15) is 0 Å². The van der Waals surface area contributed by atoms with Gasteiger partial charge in [0.1, 0.15) is 0 Å². The van der Waals surface area contributed by atoms with E-state index in [0.29, 0.717) is 0 Å². The third-order valence-corrected chi connectivity index (χ3v) is 0.527. The summed E-state index contributed by atoms with van der Waals surface area (Å²) in [6.45, 7) is 3.58. The zero-order valence-electron chi connectivity index (χ0n) is 5.23. The van der Waals surface area contributed by atoms with E-state index < -0.39 is 12.5 Å². The fourth-order valence-corrected chi connectivity index (χ4v) is 0.266. The molecule has 1 nitrogen and oxygen atoms in total. The quantitative estimate of drug-likeness (QED) is 0.538. The molecule has 0 atom stereocenters. The molecule has 0 N–H and O–H groups in total. The monoisotopic (exact) mass is 135 g/mol. The van der Waals surface area contributed by atoms with Crippen LogP contribution in [0.2, 0.25) is 0 Å². The zero-order valence-corrected chi connectivity index (χ0v) is 5.23. The van der Waals surface area contributed by atoms with Crippen molar-refractivity contribution in [2.24, 2.45) is 0 Å². The van der Waals surface area contributed by atoms with Gasteiger partial charge in [0.2, 0.25) is 0 Å². The predicted molar refractivity (Wildman–Crippen MR) is 31.1 cm³/mol. The van der Waals surface area contributed by atoms with Crippen LogP contribution >= 0.6 is 0 Å². The Hall–Kier alpha value is -0.600. The topological polar surface area (TPSA) is 9.23 Å². The van der Waals surface area contributed by atoms with Gasteiger partial charge in [0.25, 0.3) is 5.92 Å². The van der Waals surface area contributed by atoms with Gasteiger partial charge in [-0.15, -0.1) is 0 Å². The van der Waals surface area contributed by atoms with Crippen molar-refractivity contribution in [3.05, 3.63) is 19.3 Å². The number of ether oxygens (including phenoxy) is 1. The lowest BCUT2D eigenvalue weighted by atomic mass is 10.4. The van der Waals surface area contributed by atoms with Crippen molar-refractivity contribution in [1.82, 2.24) is 0 Å². The first-order valence-electron chi connectivity index (χ1n) is 2.52. The zero-order chi connectivity index (χ0) is 7.33. The molecule has 0 aliphatic carbocycles. The molecule has 0 aliphatic rings. The van der Waals surface area contributed by atoms with Crippen LogP contribution in [0.4, 0.5) is 8.78 Å². The summed E-state index contributed by atoms with van der Waals surface area (Å²) in [5.41, 5.74) is 0. The average molecular weight is 135 g/mol. The van der Waals surface area contributed by atoms with Gasteiger partial charge in [-0.3, -0.25) is 0 Å². The highest BCUT2D eigenvalue weighted by atomic mass is 19.3. The number of allylic oxidation sites excluding steroid dienone is 1. The van der Waals surface area contributed by atoms with Crippen LogP contribution in [0.15, 0.2) is 12.3 Å². The molecular weight excluding hydrogens is 126 g/mol. The van der Waals surface area contributed by atoms with Gasteiger partial charge in [0.15, 0.2) is 6.61 Å². The molecule has 9 heavy (non-hydrogen) atoms. The maximum Gasteiger partial charge on any atom is 0.281 e. The van der Waals surface area contributed by atoms with E-state index >= 15 is 0 Å². The molecule has 0 saturated carbocycles. The molecule has 3 heteroatoms. The van der Waals surface area contributed by atoms with Gasteiger partial charge in [0, 0.05) is 6.92 Å². The Balaban J connectivity index is 3.28. The molecule has 53 valence electrons. The minimum atomic E-state index is -2.97. The fraction of sp³-hybridized carbons (Fsp3) is 0.500. The van der Waals surface area contributed by atoms with Crippen molar-refractivity contribution in [2.75, 3.05) is 6.61 Å². The molecule has 0 aromatic carbocycles. The Labute approximate surface area is 53.3 Å². The Bertz CT molecular complexity index is 93.7. The van der Waals surface area contributed by atoms with Crippen LogP contribution in [0.1, 0.15) is 6.92 Å². The van der Waals surface area contributed by atoms with Crippen LogP contribution < -0.4 is 0 Å². The van der Waals surface area contributed by atoms with Crippen LogP contribution in [-0.2, 0) is 4.74 Å². The Morgan fingerprint density at radius 3 is 2.56 bits per heavy atom. The second kappa shape index (κ2) is 3.43. The maximum atomic E-state index is 11.8. The van der Waals surface area contributed by atoms with Crippen molar-refractivity contribution in [3.8, 4) is 0 Å². The fourth-order valence-electron chi connectivity index (χ4n) is 0.266. The van der Waals surface area contributed by atoms with E-state index in [1.165, 1.54) is 12.3 Å². The van der Waals surface area contributed by atoms with Crippen LogP contribution in [0, 0.1) is 6.92 Å². The summed E-state index contributed by atoms with van der Waals surface area (Å²) in [7, 11) is 0. The SMILES string of the molecule is [CH2]C(F)(F)COC=CC. The van der Waals surface area contributed by atoms with Gasteiger partial charge >= 0.3 is 0 Å². The van der Waals surface area contributed by atoms with Crippen molar-refractivity contribution < 1.29 is 13.5 Å². The first kappa shape index (κ1) is 8.40. The number of alkyl halides is 2. The van der Waals surface area contributed by atoms with E-state index in [1.54, 1.807) is 6.92 Å². The number of rotatable bonds is 3. The minimum absolute atomic E-state index is 0.655. The highest BCUT2D eigenvalue weighted by Gasteiger charge is 2.20. The summed E-state index contributed by atoms with van der Waals surface area (Å²) in [5.74, 6) is -2.97. The smallest absolute Gasteiger partial charge is 0.281 e. The summed E-state index contributed by atoms with van der Waals surface area (Å²) >= 11 is 0. The Morgan fingerprint density at radius 2 is 2.22 bits per heavy atom. The molecule has 0 aliphatic heterocycles. The predicted octanol–water partition coefficient (Wildman–Crippen LogP) is 2.01. The summed E-state index contributed by atoms with van der Waals surface area (Å²) in [5, 5.41) is 0. The lowest BCUT2D eigenvalue weighted by molar-refractivity contribution is -0.0135. The average Bonchev–Trinajstić information content (AvgIpc) is 1.63. The molecule has 0 saturated heterocycles. The van der Waals surface area contributed by atoms with E-state index in [1.807, 2.05) is 0 Å². The van der Waals surface area contributed by atoms with E-state index in [4.69, 9.17) is 0 Å². The normalized spacial score (nSPS) is 12.4. The van der Waals surface area contributed by atoms with Gasteiger partial charge in [0.05, 0.1) is 6.26 Å². The summed E-state index contributed by atoms with van der Waals surface area (Å²) in [6.07, 6.45) is 2.74. The summed E-state index contributed by atoms with van der Waals surface area (Å²) < 4.78 is 27.9. The molecular formula is C6H9F2O. The van der Waals surface area contributed by atoms with Crippen LogP contribution in [0.3, 0.4) is 0 Å². The largest absolute Gasteiger partial charge is 0.495 e. The van der Waals surface area contributed by atoms with Crippen LogP contribution in [-0.4, -0.2) is 12.5 Å². The van der Waals surface area contributed by atoms with Gasteiger partial charge in [-0.1, -0.05) is 6.08 Å². The first-order valence-corrected chi connectivity index (χ1v) is 2.52. The first-order chi connectivity index (χ1) is 4.06. The second-order valence-corrected chi connectivity index (χ2v) is 1.64. The van der Waals surface area contributed by atoms with E-state index in [0.717, 1.165) is 0 Å². The van der Waals surface area contributed by atoms with Crippen molar-refractivity contribution in [2.45, 2.75) is 12.8 Å². The standard InChI is InChI=1S/C6H9F2O/c1-3-4-9-5-6(2,7)8/h3-4H,2,5H2,1H3. The molecule has 0 unspecified atom stereocenters. The summed E-state index contributed by atoms with van der Waals surface area (Å²) in [4.78, 5) is 0. The van der Waals surface area contributed by atoms with Gasteiger partial charge in [-0.25, -0.2) is 8.78 Å². The molecule has 0 rings (SSSR count). The molecule has 0 aromatic rings. The molecule has 0 amide bonds. The van der Waals surface area contributed by atoms with E-state index in [2.05, 4.69) is 11.7 Å². The van der Waals surface area contributed by atoms with E-state index in [-0.39, 0.29) is 0 Å². The molecule has 0 bridgehead atoms. The third kappa shape index (κ3) is 7.40. The lowest BCUT2D eigenvalue weighted by Gasteiger charge is -2.07.